The maximum atomic E-state index is 13.5. The van der Waals surface area contributed by atoms with Crippen LogP contribution in [0, 0.1) is 5.82 Å². The van der Waals surface area contributed by atoms with Crippen molar-refractivity contribution < 1.29 is 18.7 Å². The van der Waals surface area contributed by atoms with E-state index in [0.717, 1.165) is 82.2 Å². The SMILES string of the molecule is CC(C)Oc1ccc(C(Cc2ccc(F)cc2)C(=O)NC2CCN(CCCN3CCOCC3)CC2)cc1. The molecule has 1 unspecified atom stereocenters. The van der Waals surface area contributed by atoms with Crippen LogP contribution in [0.2, 0.25) is 0 Å². The van der Waals surface area contributed by atoms with Crippen LogP contribution in [-0.4, -0.2) is 80.3 Å². The molecule has 2 saturated heterocycles. The highest BCUT2D eigenvalue weighted by molar-refractivity contribution is 5.84. The molecule has 37 heavy (non-hydrogen) atoms. The molecule has 2 aliphatic rings. The quantitative estimate of drug-likeness (QED) is 0.489. The average molecular weight is 512 g/mol. The first-order valence-corrected chi connectivity index (χ1v) is 13.8. The summed E-state index contributed by atoms with van der Waals surface area (Å²) >= 11 is 0. The molecule has 6 nitrogen and oxygen atoms in total. The molecule has 0 aliphatic carbocycles. The number of piperidine rings is 1. The van der Waals surface area contributed by atoms with Crippen LogP contribution < -0.4 is 10.1 Å². The van der Waals surface area contributed by atoms with Crippen molar-refractivity contribution in [2.45, 2.75) is 57.6 Å². The van der Waals surface area contributed by atoms with Crippen LogP contribution in [0.4, 0.5) is 4.39 Å². The van der Waals surface area contributed by atoms with Crippen LogP contribution in [0.5, 0.6) is 5.75 Å². The van der Waals surface area contributed by atoms with Gasteiger partial charge in [0.15, 0.2) is 0 Å². The predicted octanol–water partition coefficient (Wildman–Crippen LogP) is 4.24. The van der Waals surface area contributed by atoms with Crippen LogP contribution in [0.3, 0.4) is 0 Å². The van der Waals surface area contributed by atoms with Crippen LogP contribution in [-0.2, 0) is 16.0 Å². The van der Waals surface area contributed by atoms with Crippen LogP contribution in [0.1, 0.15) is 50.2 Å². The number of hydrogen-bond donors (Lipinski definition) is 1. The van der Waals surface area contributed by atoms with E-state index in [-0.39, 0.29) is 29.8 Å². The van der Waals surface area contributed by atoms with Crippen molar-refractivity contribution in [1.29, 1.82) is 0 Å². The second-order valence-electron chi connectivity index (χ2n) is 10.6. The third-order valence-electron chi connectivity index (χ3n) is 7.31. The minimum absolute atomic E-state index is 0.0348. The van der Waals surface area contributed by atoms with Crippen molar-refractivity contribution in [2.24, 2.45) is 0 Å². The summed E-state index contributed by atoms with van der Waals surface area (Å²) in [4.78, 5) is 18.5. The number of nitrogens with zero attached hydrogens (tertiary/aromatic N) is 2. The molecule has 2 heterocycles. The third kappa shape index (κ3) is 8.80. The first kappa shape index (κ1) is 27.6. The smallest absolute Gasteiger partial charge is 0.228 e. The van der Waals surface area contributed by atoms with E-state index in [2.05, 4.69) is 15.1 Å². The molecule has 2 aliphatic heterocycles. The molecule has 7 heteroatoms. The highest BCUT2D eigenvalue weighted by atomic mass is 19.1. The Balaban J connectivity index is 1.31. The van der Waals surface area contributed by atoms with Crippen LogP contribution in [0.15, 0.2) is 48.5 Å². The summed E-state index contributed by atoms with van der Waals surface area (Å²) in [6.45, 7) is 12.0. The van der Waals surface area contributed by atoms with Gasteiger partial charge in [-0.05, 0) is 88.0 Å². The molecule has 202 valence electrons. The normalized spacial score (nSPS) is 18.6. The van der Waals surface area contributed by atoms with Crippen molar-refractivity contribution in [3.63, 3.8) is 0 Å². The lowest BCUT2D eigenvalue weighted by molar-refractivity contribution is -0.123. The number of rotatable bonds is 11. The molecule has 1 N–H and O–H groups in total. The lowest BCUT2D eigenvalue weighted by atomic mass is 9.90. The summed E-state index contributed by atoms with van der Waals surface area (Å²) in [6.07, 6.45) is 3.72. The second kappa shape index (κ2) is 13.9. The highest BCUT2D eigenvalue weighted by Gasteiger charge is 2.26. The fourth-order valence-electron chi connectivity index (χ4n) is 5.21. The zero-order valence-corrected chi connectivity index (χ0v) is 22.3. The van der Waals surface area contributed by atoms with Crippen LogP contribution in [0.25, 0.3) is 0 Å². The molecule has 1 atom stereocenters. The number of halogens is 1. The predicted molar refractivity (Wildman–Crippen MR) is 145 cm³/mol. The van der Waals surface area contributed by atoms with E-state index in [1.807, 2.05) is 38.1 Å². The summed E-state index contributed by atoms with van der Waals surface area (Å²) in [5, 5.41) is 3.33. The van der Waals surface area contributed by atoms with Gasteiger partial charge in [-0.15, -0.1) is 0 Å². The zero-order chi connectivity index (χ0) is 26.0. The van der Waals surface area contributed by atoms with Gasteiger partial charge in [0.25, 0.3) is 0 Å². The van der Waals surface area contributed by atoms with E-state index in [1.54, 1.807) is 12.1 Å². The maximum absolute atomic E-state index is 13.5. The van der Waals surface area contributed by atoms with Crippen molar-refractivity contribution in [1.82, 2.24) is 15.1 Å². The lowest BCUT2D eigenvalue weighted by Crippen LogP contribution is -2.46. The number of nitrogens with one attached hydrogen (secondary N) is 1. The summed E-state index contributed by atoms with van der Waals surface area (Å²) in [5.41, 5.74) is 1.89. The van der Waals surface area contributed by atoms with Gasteiger partial charge in [0.1, 0.15) is 11.6 Å². The lowest BCUT2D eigenvalue weighted by Gasteiger charge is -2.34. The molecular weight excluding hydrogens is 469 g/mol. The maximum Gasteiger partial charge on any atom is 0.228 e. The first-order chi connectivity index (χ1) is 18.0. The van der Waals surface area contributed by atoms with Crippen molar-refractivity contribution in [2.75, 3.05) is 52.5 Å². The summed E-state index contributed by atoms with van der Waals surface area (Å²) < 4.78 is 24.7. The molecule has 4 rings (SSSR count). The topological polar surface area (TPSA) is 54.0 Å². The largest absolute Gasteiger partial charge is 0.491 e. The number of ether oxygens (including phenoxy) is 2. The van der Waals surface area contributed by atoms with Crippen LogP contribution >= 0.6 is 0 Å². The van der Waals surface area contributed by atoms with Gasteiger partial charge in [-0.1, -0.05) is 24.3 Å². The minimum atomic E-state index is -0.342. The minimum Gasteiger partial charge on any atom is -0.491 e. The van der Waals surface area contributed by atoms with Gasteiger partial charge < -0.3 is 19.7 Å². The van der Waals surface area contributed by atoms with E-state index < -0.39 is 0 Å². The van der Waals surface area contributed by atoms with Gasteiger partial charge in [0.05, 0.1) is 25.2 Å². The first-order valence-electron chi connectivity index (χ1n) is 13.8. The van der Waals surface area contributed by atoms with Gasteiger partial charge in [0.2, 0.25) is 5.91 Å². The van der Waals surface area contributed by atoms with Gasteiger partial charge in [-0.25, -0.2) is 4.39 Å². The highest BCUT2D eigenvalue weighted by Crippen LogP contribution is 2.25. The summed E-state index contributed by atoms with van der Waals surface area (Å²) in [5.74, 6) is 0.218. The molecule has 2 aromatic carbocycles. The fourth-order valence-corrected chi connectivity index (χ4v) is 5.21. The average Bonchev–Trinajstić information content (AvgIpc) is 2.90. The van der Waals surface area contributed by atoms with Crippen molar-refractivity contribution in [3.05, 3.63) is 65.5 Å². The fraction of sp³-hybridized carbons (Fsp3) is 0.567. The molecule has 0 spiro atoms. The Morgan fingerprint density at radius 2 is 1.59 bits per heavy atom. The number of hydrogen-bond acceptors (Lipinski definition) is 5. The van der Waals surface area contributed by atoms with Gasteiger partial charge >= 0.3 is 0 Å². The monoisotopic (exact) mass is 511 g/mol. The molecule has 0 saturated carbocycles. The summed E-state index contributed by atoms with van der Waals surface area (Å²) in [6, 6.07) is 14.4. The molecule has 2 aromatic rings. The number of carbonyl (C=O) groups excluding carboxylic acids is 1. The van der Waals surface area contributed by atoms with E-state index in [0.29, 0.717) is 6.42 Å². The second-order valence-corrected chi connectivity index (χ2v) is 10.6. The van der Waals surface area contributed by atoms with Crippen molar-refractivity contribution in [3.8, 4) is 5.75 Å². The third-order valence-corrected chi connectivity index (χ3v) is 7.31. The molecular formula is C30H42FN3O3. The van der Waals surface area contributed by atoms with E-state index in [4.69, 9.17) is 9.47 Å². The number of carbonyl (C=O) groups is 1. The number of likely N-dealkylation sites (tertiary alicyclic amines) is 1. The molecule has 1 amide bonds. The Morgan fingerprint density at radius 1 is 0.973 bits per heavy atom. The molecule has 0 radical (unpaired) electrons. The molecule has 2 fully saturated rings. The zero-order valence-electron chi connectivity index (χ0n) is 22.3. The van der Waals surface area contributed by atoms with E-state index in [9.17, 15) is 9.18 Å². The Morgan fingerprint density at radius 3 is 2.22 bits per heavy atom. The van der Waals surface area contributed by atoms with E-state index in [1.165, 1.54) is 18.6 Å². The Bertz CT molecular complexity index is 953. The van der Waals surface area contributed by atoms with Gasteiger partial charge in [-0.2, -0.15) is 0 Å². The van der Waals surface area contributed by atoms with Gasteiger partial charge in [-0.3, -0.25) is 9.69 Å². The Hall–Kier alpha value is -2.48. The Labute approximate surface area is 221 Å². The number of benzene rings is 2. The van der Waals surface area contributed by atoms with Gasteiger partial charge in [0, 0.05) is 32.2 Å². The number of amides is 1. The summed E-state index contributed by atoms with van der Waals surface area (Å²) in [7, 11) is 0. The molecule has 0 aromatic heterocycles. The van der Waals surface area contributed by atoms with E-state index >= 15 is 0 Å². The van der Waals surface area contributed by atoms with Crippen molar-refractivity contribution >= 4 is 5.91 Å². The molecule has 0 bridgehead atoms. The Kier molecular flexibility index (Phi) is 10.3. The standard InChI is InChI=1S/C30H42FN3O3/c1-23(2)37-28-10-6-25(7-11-28)29(22-24-4-8-26(31)9-5-24)30(35)32-27-12-16-33(17-13-27)14-3-15-34-18-20-36-21-19-34/h4-11,23,27,29H,3,12-22H2,1-2H3,(H,32,35). The number of morpholine rings is 1.